The fourth-order valence-corrected chi connectivity index (χ4v) is 2.30. The number of rotatable bonds is 2. The summed E-state index contributed by atoms with van der Waals surface area (Å²) in [5.74, 6) is 0.646. The summed E-state index contributed by atoms with van der Waals surface area (Å²) in [5, 5.41) is 3.15. The van der Waals surface area contributed by atoms with Crippen LogP contribution in [0.4, 0.5) is 11.6 Å². The molecule has 0 aliphatic heterocycles. The van der Waals surface area contributed by atoms with Gasteiger partial charge in [-0.1, -0.05) is 0 Å². The van der Waals surface area contributed by atoms with Gasteiger partial charge in [0.2, 0.25) is 5.95 Å². The van der Waals surface area contributed by atoms with Gasteiger partial charge in [0, 0.05) is 18.8 Å². The molecule has 4 nitrogen and oxygen atoms in total. The maximum Gasteiger partial charge on any atom is 0.201 e. The third-order valence-corrected chi connectivity index (χ3v) is 3.45. The number of hydrogen-bond acceptors (Lipinski definition) is 3. The first-order chi connectivity index (χ1) is 7.79. The summed E-state index contributed by atoms with van der Waals surface area (Å²) in [4.78, 5) is 4.40. The molecule has 0 bridgehead atoms. The van der Waals surface area contributed by atoms with Gasteiger partial charge < -0.3 is 15.6 Å². The van der Waals surface area contributed by atoms with Crippen molar-refractivity contribution < 1.29 is 0 Å². The van der Waals surface area contributed by atoms with Crippen molar-refractivity contribution in [3.05, 3.63) is 18.2 Å². The van der Waals surface area contributed by atoms with Crippen LogP contribution >= 0.6 is 0 Å². The van der Waals surface area contributed by atoms with Crippen LogP contribution in [0.15, 0.2) is 18.2 Å². The van der Waals surface area contributed by atoms with E-state index in [2.05, 4.69) is 20.9 Å². The predicted molar refractivity (Wildman–Crippen MR) is 66.6 cm³/mol. The molecule has 16 heavy (non-hydrogen) atoms. The van der Waals surface area contributed by atoms with Crippen molar-refractivity contribution in [2.75, 3.05) is 18.1 Å². The van der Waals surface area contributed by atoms with E-state index in [0.717, 1.165) is 16.7 Å². The predicted octanol–water partition coefficient (Wildman–Crippen LogP) is 2.39. The Morgan fingerprint density at radius 3 is 2.88 bits per heavy atom. The lowest BCUT2D eigenvalue weighted by Crippen LogP contribution is -2.18. The topological polar surface area (TPSA) is 55.9 Å². The quantitative estimate of drug-likeness (QED) is 0.810. The molecule has 1 heterocycles. The van der Waals surface area contributed by atoms with Crippen molar-refractivity contribution in [1.82, 2.24) is 9.55 Å². The molecular weight excluding hydrogens is 200 g/mol. The van der Waals surface area contributed by atoms with Gasteiger partial charge >= 0.3 is 0 Å². The van der Waals surface area contributed by atoms with Crippen LogP contribution in [0.25, 0.3) is 11.0 Å². The van der Waals surface area contributed by atoms with Gasteiger partial charge in [-0.05, 0) is 37.5 Å². The third kappa shape index (κ3) is 1.26. The Hall–Kier alpha value is -1.71. The Kier molecular flexibility index (Phi) is 2.02. The molecule has 1 aromatic heterocycles. The Bertz CT molecular complexity index is 525. The molecule has 4 heteroatoms. The van der Waals surface area contributed by atoms with Crippen LogP contribution in [0.1, 0.15) is 25.3 Å². The van der Waals surface area contributed by atoms with Crippen molar-refractivity contribution >= 4 is 22.7 Å². The number of hydrogen-bond donors (Lipinski definition) is 2. The maximum atomic E-state index is 5.99. The number of anilines is 2. The number of nitrogens with one attached hydrogen (secondary N) is 1. The highest BCUT2D eigenvalue weighted by molar-refractivity contribution is 5.82. The number of nitrogens with two attached hydrogens (primary N) is 1. The van der Waals surface area contributed by atoms with Crippen LogP contribution in [0, 0.1) is 0 Å². The normalized spacial score (nSPS) is 16.3. The van der Waals surface area contributed by atoms with E-state index in [1.54, 1.807) is 0 Å². The van der Waals surface area contributed by atoms with Gasteiger partial charge in [0.15, 0.2) is 0 Å². The molecule has 0 saturated heterocycles. The van der Waals surface area contributed by atoms with Crippen LogP contribution in [0.3, 0.4) is 0 Å². The Balaban J connectivity index is 2.19. The highest BCUT2D eigenvalue weighted by atomic mass is 15.2. The lowest BCUT2D eigenvalue weighted by Gasteiger charge is -2.28. The molecule has 1 aliphatic rings. The highest BCUT2D eigenvalue weighted by Gasteiger charge is 2.23. The van der Waals surface area contributed by atoms with Gasteiger partial charge in [-0.25, -0.2) is 4.98 Å². The van der Waals surface area contributed by atoms with Gasteiger partial charge in [0.05, 0.1) is 11.0 Å². The molecule has 1 fully saturated rings. The van der Waals surface area contributed by atoms with Crippen LogP contribution in [-0.4, -0.2) is 16.6 Å². The number of nitrogen functional groups attached to an aromatic ring is 1. The summed E-state index contributed by atoms with van der Waals surface area (Å²) < 4.78 is 2.18. The second-order valence-electron chi connectivity index (χ2n) is 4.38. The van der Waals surface area contributed by atoms with Crippen LogP contribution in [0.2, 0.25) is 0 Å². The minimum atomic E-state index is 0.553. The molecule has 2 aromatic rings. The van der Waals surface area contributed by atoms with E-state index in [4.69, 9.17) is 5.73 Å². The molecule has 3 rings (SSSR count). The van der Waals surface area contributed by atoms with E-state index >= 15 is 0 Å². The van der Waals surface area contributed by atoms with E-state index in [1.165, 1.54) is 19.3 Å². The molecule has 0 spiro atoms. The van der Waals surface area contributed by atoms with Gasteiger partial charge in [0.1, 0.15) is 0 Å². The van der Waals surface area contributed by atoms with Crippen molar-refractivity contribution in [2.24, 2.45) is 0 Å². The highest BCUT2D eigenvalue weighted by Crippen LogP contribution is 2.36. The molecular formula is C12H16N4. The lowest BCUT2D eigenvalue weighted by molar-refractivity contribution is 0.324. The summed E-state index contributed by atoms with van der Waals surface area (Å²) in [5.41, 5.74) is 9.23. The van der Waals surface area contributed by atoms with Crippen molar-refractivity contribution in [3.63, 3.8) is 0 Å². The van der Waals surface area contributed by atoms with E-state index in [1.807, 2.05) is 19.2 Å². The van der Waals surface area contributed by atoms with E-state index in [-0.39, 0.29) is 0 Å². The Labute approximate surface area is 94.5 Å². The average Bonchev–Trinajstić information content (AvgIpc) is 2.53. The molecule has 84 valence electrons. The largest absolute Gasteiger partial charge is 0.388 e. The standard InChI is InChI=1S/C12H16N4/c1-14-8-5-6-10-11(7-8)16(12(13)15-10)9-3-2-4-9/h5-7,9,14H,2-4H2,1H3,(H2,13,15). The zero-order valence-electron chi connectivity index (χ0n) is 9.40. The molecule has 0 atom stereocenters. The van der Waals surface area contributed by atoms with E-state index in [0.29, 0.717) is 12.0 Å². The zero-order valence-corrected chi connectivity index (χ0v) is 9.40. The number of aromatic nitrogens is 2. The smallest absolute Gasteiger partial charge is 0.201 e. The third-order valence-electron chi connectivity index (χ3n) is 3.45. The molecule has 1 saturated carbocycles. The minimum absolute atomic E-state index is 0.553. The average molecular weight is 216 g/mol. The lowest BCUT2D eigenvalue weighted by atomic mass is 9.93. The Morgan fingerprint density at radius 1 is 1.44 bits per heavy atom. The van der Waals surface area contributed by atoms with Gasteiger partial charge in [0.25, 0.3) is 0 Å². The summed E-state index contributed by atoms with van der Waals surface area (Å²) in [6.45, 7) is 0. The fraction of sp³-hybridized carbons (Fsp3) is 0.417. The maximum absolute atomic E-state index is 5.99. The fourth-order valence-electron chi connectivity index (χ4n) is 2.30. The van der Waals surface area contributed by atoms with Crippen LogP contribution in [-0.2, 0) is 0 Å². The molecule has 0 amide bonds. The first kappa shape index (κ1) is 9.51. The Morgan fingerprint density at radius 2 is 2.25 bits per heavy atom. The minimum Gasteiger partial charge on any atom is -0.388 e. The molecule has 3 N–H and O–H groups in total. The number of fused-ring (bicyclic) bond motifs is 1. The molecule has 1 aromatic carbocycles. The van der Waals surface area contributed by atoms with Gasteiger partial charge in [-0.15, -0.1) is 0 Å². The summed E-state index contributed by atoms with van der Waals surface area (Å²) in [7, 11) is 1.93. The first-order valence-corrected chi connectivity index (χ1v) is 5.75. The monoisotopic (exact) mass is 216 g/mol. The van der Waals surface area contributed by atoms with Crippen molar-refractivity contribution in [1.29, 1.82) is 0 Å². The van der Waals surface area contributed by atoms with Crippen LogP contribution in [0.5, 0.6) is 0 Å². The molecule has 1 aliphatic carbocycles. The molecule has 0 unspecified atom stereocenters. The van der Waals surface area contributed by atoms with Gasteiger partial charge in [-0.2, -0.15) is 0 Å². The number of benzene rings is 1. The van der Waals surface area contributed by atoms with Gasteiger partial charge in [-0.3, -0.25) is 0 Å². The van der Waals surface area contributed by atoms with Crippen LogP contribution < -0.4 is 11.1 Å². The first-order valence-electron chi connectivity index (χ1n) is 5.75. The summed E-state index contributed by atoms with van der Waals surface area (Å²) >= 11 is 0. The SMILES string of the molecule is CNc1ccc2nc(N)n(C3CCC3)c2c1. The van der Waals surface area contributed by atoms with E-state index in [9.17, 15) is 0 Å². The summed E-state index contributed by atoms with van der Waals surface area (Å²) in [6.07, 6.45) is 3.74. The summed E-state index contributed by atoms with van der Waals surface area (Å²) in [6, 6.07) is 6.72. The van der Waals surface area contributed by atoms with Crippen molar-refractivity contribution in [3.8, 4) is 0 Å². The second kappa shape index (κ2) is 3.40. The molecule has 0 radical (unpaired) electrons. The zero-order chi connectivity index (χ0) is 11.1. The van der Waals surface area contributed by atoms with E-state index < -0.39 is 0 Å². The number of nitrogens with zero attached hydrogens (tertiary/aromatic N) is 2. The number of imidazole rings is 1. The van der Waals surface area contributed by atoms with Crippen molar-refractivity contribution in [2.45, 2.75) is 25.3 Å². The second-order valence-corrected chi connectivity index (χ2v) is 4.38.